The lowest BCUT2D eigenvalue weighted by Crippen LogP contribution is -2.32. The van der Waals surface area contributed by atoms with Crippen LogP contribution in [0.2, 0.25) is 0 Å². The molecule has 2 N–H and O–H groups in total. The van der Waals surface area contributed by atoms with Gasteiger partial charge in [-0.1, -0.05) is 11.6 Å². The number of sulfonamides is 1. The Labute approximate surface area is 185 Å². The van der Waals surface area contributed by atoms with Crippen molar-refractivity contribution >= 4 is 27.4 Å². The molecule has 2 aromatic heterocycles. The van der Waals surface area contributed by atoms with Gasteiger partial charge in [0, 0.05) is 37.9 Å². The zero-order valence-corrected chi connectivity index (χ0v) is 18.9. The van der Waals surface area contributed by atoms with Crippen LogP contribution in [0.15, 0.2) is 41.5 Å². The van der Waals surface area contributed by atoms with Gasteiger partial charge in [0.25, 0.3) is 12.0 Å². The molecular formula is C21H26N4O6S. The predicted molar refractivity (Wildman–Crippen MR) is 120 cm³/mol. The third-order valence-corrected chi connectivity index (χ3v) is 7.37. The molecule has 0 saturated carbocycles. The first-order valence-corrected chi connectivity index (χ1v) is 11.5. The second kappa shape index (κ2) is 9.63. The topological polar surface area (TPSA) is 135 Å². The van der Waals surface area contributed by atoms with Crippen molar-refractivity contribution in [2.24, 2.45) is 5.92 Å². The molecule has 32 heavy (non-hydrogen) atoms. The molecule has 4 rings (SSSR count). The van der Waals surface area contributed by atoms with E-state index in [0.717, 1.165) is 16.5 Å². The molecule has 0 bridgehead atoms. The fourth-order valence-corrected chi connectivity index (χ4v) is 4.91. The lowest BCUT2D eigenvalue weighted by Gasteiger charge is -2.22. The number of hydrogen-bond donors (Lipinski definition) is 2. The van der Waals surface area contributed by atoms with Crippen molar-refractivity contribution in [3.8, 4) is 11.4 Å². The zero-order chi connectivity index (χ0) is 23.5. The van der Waals surface area contributed by atoms with E-state index in [-0.39, 0.29) is 29.7 Å². The van der Waals surface area contributed by atoms with Gasteiger partial charge >= 0.3 is 0 Å². The summed E-state index contributed by atoms with van der Waals surface area (Å²) in [4.78, 5) is 28.4. The maximum atomic E-state index is 12.7. The minimum Gasteiger partial charge on any atom is -0.483 e. The summed E-state index contributed by atoms with van der Waals surface area (Å²) in [6.45, 7) is 2.47. The summed E-state index contributed by atoms with van der Waals surface area (Å²) < 4.78 is 33.5. The van der Waals surface area contributed by atoms with Crippen molar-refractivity contribution < 1.29 is 23.1 Å². The molecule has 172 valence electrons. The van der Waals surface area contributed by atoms with Crippen molar-refractivity contribution in [3.05, 3.63) is 52.6 Å². The first-order chi connectivity index (χ1) is 15.2. The fourth-order valence-electron chi connectivity index (χ4n) is 3.75. The van der Waals surface area contributed by atoms with Crippen molar-refractivity contribution in [1.29, 1.82) is 0 Å². The van der Waals surface area contributed by atoms with Crippen molar-refractivity contribution in [2.75, 3.05) is 33.1 Å². The number of imidazole rings is 1. The van der Waals surface area contributed by atoms with Crippen LogP contribution < -0.4 is 5.56 Å². The fraction of sp³-hybridized carbons (Fsp3) is 0.381. The molecule has 0 amide bonds. The van der Waals surface area contributed by atoms with E-state index >= 15 is 0 Å². The number of H-pyrrole nitrogens is 1. The molecule has 1 saturated heterocycles. The number of nitrogens with one attached hydrogen (secondary N) is 1. The minimum absolute atomic E-state index is 0.0183. The number of nitrogens with zero attached hydrogens (tertiary/aromatic N) is 3. The molecule has 2 atom stereocenters. The van der Waals surface area contributed by atoms with Gasteiger partial charge in [0.05, 0.1) is 30.6 Å². The number of aromatic amines is 1. The van der Waals surface area contributed by atoms with E-state index in [1.165, 1.54) is 18.4 Å². The van der Waals surface area contributed by atoms with Crippen LogP contribution in [-0.4, -0.2) is 71.9 Å². The van der Waals surface area contributed by atoms with Crippen LogP contribution in [0.4, 0.5) is 0 Å². The molecule has 0 radical (unpaired) electrons. The third kappa shape index (κ3) is 4.90. The Kier molecular flexibility index (Phi) is 7.12. The third-order valence-electron chi connectivity index (χ3n) is 5.41. The van der Waals surface area contributed by atoms with Crippen LogP contribution in [-0.2, 0) is 19.6 Å². The first kappa shape index (κ1) is 23.6. The maximum absolute atomic E-state index is 12.7. The van der Waals surface area contributed by atoms with Gasteiger partial charge in [-0.2, -0.15) is 0 Å². The van der Waals surface area contributed by atoms with Gasteiger partial charge in [-0.3, -0.25) is 9.59 Å². The number of carboxylic acid groups (broad SMARTS) is 1. The van der Waals surface area contributed by atoms with E-state index in [2.05, 4.69) is 9.97 Å². The van der Waals surface area contributed by atoms with Crippen molar-refractivity contribution in [3.63, 3.8) is 0 Å². The Morgan fingerprint density at radius 3 is 2.72 bits per heavy atom. The SMILES string of the molecule is Cc1ccc2[nH]c(=O)c(-c3nccn3[C@@H]3COC[C@H]3CS(=O)(=O)N(C)C)cc2c1.O=CO. The van der Waals surface area contributed by atoms with Gasteiger partial charge in [0.1, 0.15) is 5.82 Å². The van der Waals surface area contributed by atoms with E-state index in [1.54, 1.807) is 12.4 Å². The number of pyridine rings is 1. The van der Waals surface area contributed by atoms with Crippen LogP contribution in [0.3, 0.4) is 0 Å². The largest absolute Gasteiger partial charge is 0.483 e. The zero-order valence-electron chi connectivity index (χ0n) is 18.1. The summed E-state index contributed by atoms with van der Waals surface area (Å²) >= 11 is 0. The Morgan fingerprint density at radius 1 is 1.31 bits per heavy atom. The molecule has 1 aliphatic rings. The summed E-state index contributed by atoms with van der Waals surface area (Å²) in [5.41, 5.74) is 2.08. The molecule has 1 fully saturated rings. The van der Waals surface area contributed by atoms with Crippen molar-refractivity contribution in [2.45, 2.75) is 13.0 Å². The van der Waals surface area contributed by atoms with E-state index in [4.69, 9.17) is 14.6 Å². The molecule has 0 spiro atoms. The van der Waals surface area contributed by atoms with Gasteiger partial charge in [-0.05, 0) is 30.5 Å². The van der Waals surface area contributed by atoms with Gasteiger partial charge < -0.3 is 19.4 Å². The predicted octanol–water partition coefficient (Wildman–Crippen LogP) is 1.48. The lowest BCUT2D eigenvalue weighted by atomic mass is 10.1. The summed E-state index contributed by atoms with van der Waals surface area (Å²) in [5.74, 6) is 0.268. The number of aryl methyl sites for hydroxylation is 1. The Hall–Kier alpha value is -3.02. The average molecular weight is 463 g/mol. The van der Waals surface area contributed by atoms with Gasteiger partial charge in [0.2, 0.25) is 10.0 Å². The van der Waals surface area contributed by atoms with Crippen molar-refractivity contribution in [1.82, 2.24) is 18.8 Å². The number of hydrogen-bond acceptors (Lipinski definition) is 6. The highest BCUT2D eigenvalue weighted by Gasteiger charge is 2.35. The lowest BCUT2D eigenvalue weighted by molar-refractivity contribution is -0.122. The van der Waals surface area contributed by atoms with Gasteiger partial charge in [0.15, 0.2) is 0 Å². The second-order valence-electron chi connectivity index (χ2n) is 7.79. The molecule has 0 unspecified atom stereocenters. The summed E-state index contributed by atoms with van der Waals surface area (Å²) in [5, 5.41) is 7.81. The minimum atomic E-state index is -3.37. The molecule has 11 heteroatoms. The summed E-state index contributed by atoms with van der Waals surface area (Å²) in [6.07, 6.45) is 3.41. The molecule has 3 heterocycles. The van der Waals surface area contributed by atoms with E-state index in [0.29, 0.717) is 24.6 Å². The monoisotopic (exact) mass is 462 g/mol. The number of aromatic nitrogens is 3. The Balaban J connectivity index is 0.000000913. The van der Waals surface area contributed by atoms with Crippen LogP contribution in [0, 0.1) is 12.8 Å². The second-order valence-corrected chi connectivity index (χ2v) is 10.0. The first-order valence-electron chi connectivity index (χ1n) is 9.90. The molecule has 3 aromatic rings. The summed E-state index contributed by atoms with van der Waals surface area (Å²) in [6, 6.07) is 7.46. The quantitative estimate of drug-likeness (QED) is 0.548. The highest BCUT2D eigenvalue weighted by Crippen LogP contribution is 2.31. The molecule has 0 aliphatic carbocycles. The van der Waals surface area contributed by atoms with Gasteiger partial charge in [-0.25, -0.2) is 17.7 Å². The smallest absolute Gasteiger partial charge is 0.290 e. The van der Waals surface area contributed by atoms with Gasteiger partial charge in [-0.15, -0.1) is 0 Å². The number of rotatable bonds is 5. The Morgan fingerprint density at radius 2 is 2.03 bits per heavy atom. The van der Waals surface area contributed by atoms with Crippen LogP contribution in [0.1, 0.15) is 11.6 Å². The standard InChI is InChI=1S/C20H24N4O4S.CH2O2/c1-13-4-5-17-14(8-13)9-16(20(25)22-17)19-21-6-7-24(19)18-11-28-10-15(18)12-29(26,27)23(2)3;2-1-3/h4-9,15,18H,10-12H2,1-3H3,(H,22,25);1H,(H,2,3)/t15-,18+;/m0./s1. The number of ether oxygens (including phenoxy) is 1. The summed E-state index contributed by atoms with van der Waals surface area (Å²) in [7, 11) is -0.319. The normalized spacial score (nSPS) is 18.5. The molecule has 10 nitrogen and oxygen atoms in total. The van der Waals surface area contributed by atoms with E-state index in [9.17, 15) is 13.2 Å². The van der Waals surface area contributed by atoms with E-state index in [1.807, 2.05) is 35.8 Å². The maximum Gasteiger partial charge on any atom is 0.290 e. The number of benzene rings is 1. The number of carbonyl (C=O) groups is 1. The molecular weight excluding hydrogens is 436 g/mol. The molecule has 1 aromatic carbocycles. The highest BCUT2D eigenvalue weighted by molar-refractivity contribution is 7.89. The molecule has 1 aliphatic heterocycles. The highest BCUT2D eigenvalue weighted by atomic mass is 32.2. The van der Waals surface area contributed by atoms with Crippen LogP contribution in [0.5, 0.6) is 0 Å². The van der Waals surface area contributed by atoms with E-state index < -0.39 is 10.0 Å². The number of fused-ring (bicyclic) bond motifs is 1. The van der Waals surface area contributed by atoms with Crippen LogP contribution in [0.25, 0.3) is 22.3 Å². The Bertz CT molecular complexity index is 1260. The average Bonchev–Trinajstić information content (AvgIpc) is 3.37. The van der Waals surface area contributed by atoms with Crippen LogP contribution >= 0.6 is 0 Å².